The molecule has 0 aliphatic carbocycles. The van der Waals surface area contributed by atoms with E-state index in [9.17, 15) is 0 Å². The van der Waals surface area contributed by atoms with E-state index in [4.69, 9.17) is 9.47 Å². The van der Waals surface area contributed by atoms with Crippen LogP contribution in [-0.4, -0.2) is 13.7 Å². The van der Waals surface area contributed by atoms with Gasteiger partial charge >= 0.3 is 0 Å². The summed E-state index contributed by atoms with van der Waals surface area (Å²) in [6, 6.07) is 7.94. The lowest BCUT2D eigenvalue weighted by molar-refractivity contribution is 0.117. The molecule has 17 heavy (non-hydrogen) atoms. The Balaban J connectivity index is 2.10. The van der Waals surface area contributed by atoms with Crippen molar-refractivity contribution in [2.45, 2.75) is 25.9 Å². The van der Waals surface area contributed by atoms with Gasteiger partial charge in [-0.2, -0.15) is 0 Å². The molecule has 0 amide bonds. The smallest absolute Gasteiger partial charge is 0.118 e. The molecular weight excluding hydrogens is 280 g/mol. The normalized spacial score (nSPS) is 9.53. The summed E-state index contributed by atoms with van der Waals surface area (Å²) in [5, 5.41) is 0. The zero-order valence-corrected chi connectivity index (χ0v) is 11.6. The van der Waals surface area contributed by atoms with Crippen molar-refractivity contribution in [1.29, 1.82) is 0 Å². The third-order valence-corrected chi connectivity index (χ3v) is 2.62. The van der Waals surface area contributed by atoms with Crippen molar-refractivity contribution < 1.29 is 9.47 Å². The minimum absolute atomic E-state index is 0.661. The molecule has 1 aromatic rings. The van der Waals surface area contributed by atoms with E-state index in [0.29, 0.717) is 6.61 Å². The molecule has 0 atom stereocenters. The lowest BCUT2D eigenvalue weighted by Gasteiger charge is -2.05. The number of benzene rings is 1. The van der Waals surface area contributed by atoms with Gasteiger partial charge in [-0.15, -0.1) is 0 Å². The molecular formula is C14H17BrO2. The van der Waals surface area contributed by atoms with Gasteiger partial charge in [0, 0.05) is 29.0 Å². The van der Waals surface area contributed by atoms with E-state index < -0.39 is 0 Å². The summed E-state index contributed by atoms with van der Waals surface area (Å²) in [5.74, 6) is 3.84. The molecule has 2 nitrogen and oxygen atoms in total. The monoisotopic (exact) mass is 296 g/mol. The van der Waals surface area contributed by atoms with Gasteiger partial charge in [-0.25, -0.2) is 0 Å². The minimum atomic E-state index is 0.661. The maximum Gasteiger partial charge on any atom is 0.118 e. The zero-order valence-electron chi connectivity index (χ0n) is 10.0. The first kappa shape index (κ1) is 14.1. The third kappa shape index (κ3) is 6.35. The molecule has 92 valence electrons. The van der Waals surface area contributed by atoms with E-state index in [1.54, 1.807) is 7.11 Å². The van der Waals surface area contributed by atoms with Crippen molar-refractivity contribution in [3.05, 3.63) is 29.8 Å². The van der Waals surface area contributed by atoms with Crippen molar-refractivity contribution in [1.82, 2.24) is 0 Å². The molecule has 1 aromatic carbocycles. The topological polar surface area (TPSA) is 18.5 Å². The van der Waals surface area contributed by atoms with Crippen LogP contribution in [-0.2, 0) is 11.3 Å². The first-order chi connectivity index (χ1) is 8.36. The van der Waals surface area contributed by atoms with Crippen LogP contribution in [0.4, 0.5) is 0 Å². The Kier molecular flexibility index (Phi) is 7.53. The fourth-order valence-electron chi connectivity index (χ4n) is 1.38. The Labute approximate surface area is 111 Å². The third-order valence-electron chi connectivity index (χ3n) is 2.34. The highest BCUT2D eigenvalue weighted by atomic mass is 79.9. The van der Waals surface area contributed by atoms with Crippen molar-refractivity contribution in [2.75, 3.05) is 13.7 Å². The first-order valence-electron chi connectivity index (χ1n) is 5.66. The van der Waals surface area contributed by atoms with Gasteiger partial charge < -0.3 is 9.47 Å². The molecule has 0 spiro atoms. The Bertz CT molecular complexity index is 362. The van der Waals surface area contributed by atoms with Crippen LogP contribution in [0.2, 0.25) is 0 Å². The van der Waals surface area contributed by atoms with E-state index in [1.807, 2.05) is 24.3 Å². The standard InChI is InChI=1S/C14H17BrO2/c1-16-14-8-6-13(7-9-14)12-17-11-5-3-2-4-10-15/h6-9H,2-3,5,11-12H2,1H3. The molecule has 1 rings (SSSR count). The van der Waals surface area contributed by atoms with Crippen LogP contribution in [0.5, 0.6) is 5.75 Å². The number of halogens is 1. The summed E-state index contributed by atoms with van der Waals surface area (Å²) in [6.45, 7) is 1.45. The summed E-state index contributed by atoms with van der Waals surface area (Å²) in [4.78, 5) is 2.71. The SMILES string of the molecule is COc1ccc(COCCCCC#CBr)cc1. The number of hydrogen-bond acceptors (Lipinski definition) is 2. The average Bonchev–Trinajstić information content (AvgIpc) is 2.38. The number of hydrogen-bond donors (Lipinski definition) is 0. The molecule has 0 saturated heterocycles. The number of unbranched alkanes of at least 4 members (excludes halogenated alkanes) is 2. The van der Waals surface area contributed by atoms with E-state index >= 15 is 0 Å². The molecule has 0 aromatic heterocycles. The highest BCUT2D eigenvalue weighted by Gasteiger charge is 1.94. The lowest BCUT2D eigenvalue weighted by atomic mass is 10.2. The predicted octanol–water partition coefficient (Wildman–Crippen LogP) is 3.74. The van der Waals surface area contributed by atoms with Gasteiger partial charge in [0.05, 0.1) is 13.7 Å². The summed E-state index contributed by atoms with van der Waals surface area (Å²) < 4.78 is 10.7. The van der Waals surface area contributed by atoms with Crippen LogP contribution in [0.15, 0.2) is 24.3 Å². The Hall–Kier alpha value is -0.980. The Morgan fingerprint density at radius 1 is 1.18 bits per heavy atom. The van der Waals surface area contributed by atoms with Gasteiger partial charge in [0.2, 0.25) is 0 Å². The summed E-state index contributed by atoms with van der Waals surface area (Å²) in [7, 11) is 1.67. The second kappa shape index (κ2) is 9.09. The molecule has 0 saturated carbocycles. The van der Waals surface area contributed by atoms with Gasteiger partial charge in [0.1, 0.15) is 5.75 Å². The molecule has 0 bridgehead atoms. The van der Waals surface area contributed by atoms with Crippen LogP contribution >= 0.6 is 15.9 Å². The molecule has 0 heterocycles. The lowest BCUT2D eigenvalue weighted by Crippen LogP contribution is -1.95. The molecule has 0 N–H and O–H groups in total. The van der Waals surface area contributed by atoms with Crippen molar-refractivity contribution in [3.8, 4) is 16.5 Å². The number of ether oxygens (including phenoxy) is 2. The van der Waals surface area contributed by atoms with E-state index in [2.05, 4.69) is 26.7 Å². The molecule has 0 unspecified atom stereocenters. The summed E-state index contributed by atoms with van der Waals surface area (Å²) in [5.41, 5.74) is 1.17. The molecule has 0 aliphatic rings. The predicted molar refractivity (Wildman–Crippen MR) is 73.2 cm³/mol. The van der Waals surface area contributed by atoms with Gasteiger partial charge in [-0.1, -0.05) is 18.1 Å². The number of methoxy groups -OCH3 is 1. The Morgan fingerprint density at radius 2 is 1.94 bits per heavy atom. The van der Waals surface area contributed by atoms with Gasteiger partial charge in [0.25, 0.3) is 0 Å². The van der Waals surface area contributed by atoms with Crippen LogP contribution < -0.4 is 4.74 Å². The average molecular weight is 297 g/mol. The summed E-state index contributed by atoms with van der Waals surface area (Å²) >= 11 is 3.07. The van der Waals surface area contributed by atoms with Crippen molar-refractivity contribution in [2.24, 2.45) is 0 Å². The Morgan fingerprint density at radius 3 is 2.59 bits per heavy atom. The van der Waals surface area contributed by atoms with Crippen LogP contribution in [0.3, 0.4) is 0 Å². The molecule has 0 fully saturated rings. The fourth-order valence-corrected chi connectivity index (χ4v) is 1.57. The fraction of sp³-hybridized carbons (Fsp3) is 0.429. The van der Waals surface area contributed by atoms with Crippen molar-refractivity contribution >= 4 is 15.9 Å². The summed E-state index contributed by atoms with van der Waals surface area (Å²) in [6.07, 6.45) is 3.07. The van der Waals surface area contributed by atoms with Crippen LogP contribution in [0, 0.1) is 10.8 Å². The van der Waals surface area contributed by atoms with Gasteiger partial charge in [-0.3, -0.25) is 0 Å². The van der Waals surface area contributed by atoms with E-state index in [0.717, 1.165) is 31.6 Å². The van der Waals surface area contributed by atoms with Gasteiger partial charge in [-0.05, 0) is 35.4 Å². The van der Waals surface area contributed by atoms with E-state index in [-0.39, 0.29) is 0 Å². The highest BCUT2D eigenvalue weighted by molar-refractivity contribution is 9.12. The molecule has 3 heteroatoms. The molecule has 0 radical (unpaired) electrons. The van der Waals surface area contributed by atoms with Crippen LogP contribution in [0.1, 0.15) is 24.8 Å². The number of rotatable bonds is 7. The maximum atomic E-state index is 5.57. The van der Waals surface area contributed by atoms with Crippen molar-refractivity contribution in [3.63, 3.8) is 0 Å². The maximum absolute atomic E-state index is 5.57. The first-order valence-corrected chi connectivity index (χ1v) is 6.45. The highest BCUT2D eigenvalue weighted by Crippen LogP contribution is 2.12. The molecule has 0 aliphatic heterocycles. The second-order valence-corrected chi connectivity index (χ2v) is 4.03. The van der Waals surface area contributed by atoms with Gasteiger partial charge in [0.15, 0.2) is 0 Å². The quantitative estimate of drug-likeness (QED) is 0.564. The largest absolute Gasteiger partial charge is 0.497 e. The van der Waals surface area contributed by atoms with E-state index in [1.165, 1.54) is 5.56 Å². The second-order valence-electron chi connectivity index (χ2n) is 3.63. The zero-order chi connectivity index (χ0) is 12.3. The van der Waals surface area contributed by atoms with Crippen LogP contribution in [0.25, 0.3) is 0 Å². The minimum Gasteiger partial charge on any atom is -0.497 e.